The van der Waals surface area contributed by atoms with Crippen molar-refractivity contribution in [2.75, 3.05) is 0 Å². The van der Waals surface area contributed by atoms with Crippen LogP contribution >= 0.6 is 11.6 Å². The lowest BCUT2D eigenvalue weighted by Crippen LogP contribution is -2.26. The Hall–Kier alpha value is -1.46. The number of benzene rings is 1. The fraction of sp³-hybridized carbons (Fsp3) is 0.333. The Balaban J connectivity index is 2.05. The molecule has 0 fully saturated rings. The monoisotopic (exact) mass is 268 g/mol. The first-order valence-corrected chi connectivity index (χ1v) is 5.97. The smallest absolute Gasteiger partial charge is 0.127 e. The zero-order valence-corrected chi connectivity index (χ0v) is 10.7. The molecule has 2 aromatic rings. The summed E-state index contributed by atoms with van der Waals surface area (Å²) in [5.74, 6) is -0.322. The maximum atomic E-state index is 13.6. The molecule has 0 saturated heterocycles. The summed E-state index contributed by atoms with van der Waals surface area (Å²) >= 11 is 5.95. The average Bonchev–Trinajstić information content (AvgIpc) is 2.69. The summed E-state index contributed by atoms with van der Waals surface area (Å²) in [6.45, 7) is 0. The standard InChI is InChI=1S/C12H14ClFN4/c1-18-7-9(16-17-18)5-8(15)6-10-11(13)3-2-4-12(10)14/h2-4,7-8H,5-6,15H2,1H3. The fourth-order valence-corrected chi connectivity index (χ4v) is 2.06. The second kappa shape index (κ2) is 5.46. The van der Waals surface area contributed by atoms with Gasteiger partial charge in [-0.15, -0.1) is 5.10 Å². The molecule has 0 bridgehead atoms. The molecule has 2 rings (SSSR count). The molecule has 18 heavy (non-hydrogen) atoms. The molecule has 0 aliphatic carbocycles. The Morgan fingerprint density at radius 1 is 1.44 bits per heavy atom. The Kier molecular flexibility index (Phi) is 3.93. The van der Waals surface area contributed by atoms with E-state index in [1.54, 1.807) is 30.1 Å². The molecule has 1 aromatic heterocycles. The summed E-state index contributed by atoms with van der Waals surface area (Å²) in [6.07, 6.45) is 2.71. The summed E-state index contributed by atoms with van der Waals surface area (Å²) in [5, 5.41) is 8.18. The van der Waals surface area contributed by atoms with Crippen LogP contribution in [0.5, 0.6) is 0 Å². The summed E-state index contributed by atoms with van der Waals surface area (Å²) in [4.78, 5) is 0. The minimum absolute atomic E-state index is 0.240. The van der Waals surface area contributed by atoms with Crippen molar-refractivity contribution < 1.29 is 4.39 Å². The number of rotatable bonds is 4. The first-order valence-electron chi connectivity index (χ1n) is 5.60. The first kappa shape index (κ1) is 13.0. The summed E-state index contributed by atoms with van der Waals surface area (Å²) in [7, 11) is 1.79. The van der Waals surface area contributed by atoms with Gasteiger partial charge in [0.25, 0.3) is 0 Å². The molecule has 0 spiro atoms. The molecule has 96 valence electrons. The van der Waals surface area contributed by atoms with Gasteiger partial charge in [0.05, 0.1) is 5.69 Å². The van der Waals surface area contributed by atoms with E-state index in [4.69, 9.17) is 17.3 Å². The Morgan fingerprint density at radius 2 is 2.22 bits per heavy atom. The second-order valence-electron chi connectivity index (χ2n) is 4.25. The van der Waals surface area contributed by atoms with Crippen molar-refractivity contribution in [2.24, 2.45) is 12.8 Å². The van der Waals surface area contributed by atoms with Crippen molar-refractivity contribution in [2.45, 2.75) is 18.9 Å². The van der Waals surface area contributed by atoms with Gasteiger partial charge < -0.3 is 5.73 Å². The summed E-state index contributed by atoms with van der Waals surface area (Å²) < 4.78 is 15.2. The zero-order valence-electron chi connectivity index (χ0n) is 9.98. The van der Waals surface area contributed by atoms with Crippen LogP contribution in [0, 0.1) is 5.82 Å². The molecule has 0 aliphatic rings. The van der Waals surface area contributed by atoms with Crippen LogP contribution in [0.2, 0.25) is 5.02 Å². The lowest BCUT2D eigenvalue weighted by Gasteiger charge is -2.11. The Labute approximate surface area is 110 Å². The molecule has 1 unspecified atom stereocenters. The lowest BCUT2D eigenvalue weighted by atomic mass is 10.0. The van der Waals surface area contributed by atoms with Crippen molar-refractivity contribution in [1.29, 1.82) is 0 Å². The van der Waals surface area contributed by atoms with Gasteiger partial charge in [-0.25, -0.2) is 4.39 Å². The molecule has 1 aromatic carbocycles. The van der Waals surface area contributed by atoms with Crippen LogP contribution in [-0.4, -0.2) is 21.0 Å². The van der Waals surface area contributed by atoms with Gasteiger partial charge in [0.2, 0.25) is 0 Å². The second-order valence-corrected chi connectivity index (χ2v) is 4.66. The number of hydrogen-bond donors (Lipinski definition) is 1. The van der Waals surface area contributed by atoms with Gasteiger partial charge in [-0.2, -0.15) is 0 Å². The molecule has 1 atom stereocenters. The van der Waals surface area contributed by atoms with Gasteiger partial charge in [0, 0.05) is 36.3 Å². The van der Waals surface area contributed by atoms with Crippen molar-refractivity contribution in [3.8, 4) is 0 Å². The van der Waals surface area contributed by atoms with Gasteiger partial charge >= 0.3 is 0 Å². The van der Waals surface area contributed by atoms with E-state index in [1.807, 2.05) is 0 Å². The molecular formula is C12H14ClFN4. The molecule has 1 heterocycles. The molecule has 0 saturated carbocycles. The van der Waals surface area contributed by atoms with Crippen LogP contribution in [0.25, 0.3) is 0 Å². The number of halogens is 2. The lowest BCUT2D eigenvalue weighted by molar-refractivity contribution is 0.581. The molecular weight excluding hydrogens is 255 g/mol. The number of hydrogen-bond acceptors (Lipinski definition) is 3. The van der Waals surface area contributed by atoms with E-state index in [0.29, 0.717) is 23.4 Å². The zero-order chi connectivity index (χ0) is 13.1. The Morgan fingerprint density at radius 3 is 2.83 bits per heavy atom. The summed E-state index contributed by atoms with van der Waals surface area (Å²) in [6, 6.07) is 4.39. The maximum Gasteiger partial charge on any atom is 0.127 e. The van der Waals surface area contributed by atoms with E-state index in [2.05, 4.69) is 10.3 Å². The first-order chi connectivity index (χ1) is 8.56. The van der Waals surface area contributed by atoms with E-state index in [0.717, 1.165) is 5.69 Å². The van der Waals surface area contributed by atoms with E-state index < -0.39 is 0 Å². The predicted octanol–water partition coefficient (Wildman–Crippen LogP) is 1.72. The molecule has 4 nitrogen and oxygen atoms in total. The van der Waals surface area contributed by atoms with Crippen LogP contribution in [0.4, 0.5) is 4.39 Å². The Bertz CT molecular complexity index is 520. The minimum Gasteiger partial charge on any atom is -0.327 e. The van der Waals surface area contributed by atoms with E-state index in [1.165, 1.54) is 6.07 Å². The van der Waals surface area contributed by atoms with Gasteiger partial charge in [-0.3, -0.25) is 4.68 Å². The van der Waals surface area contributed by atoms with Gasteiger partial charge in [-0.1, -0.05) is 22.9 Å². The highest BCUT2D eigenvalue weighted by atomic mass is 35.5. The largest absolute Gasteiger partial charge is 0.327 e. The number of nitrogens with zero attached hydrogens (tertiary/aromatic N) is 3. The summed E-state index contributed by atoms with van der Waals surface area (Å²) in [5.41, 5.74) is 7.23. The highest BCUT2D eigenvalue weighted by molar-refractivity contribution is 6.31. The minimum atomic E-state index is -0.322. The number of aromatic nitrogens is 3. The van der Waals surface area contributed by atoms with Crippen LogP contribution in [0.3, 0.4) is 0 Å². The molecule has 2 N–H and O–H groups in total. The van der Waals surface area contributed by atoms with Crippen LogP contribution in [0.15, 0.2) is 24.4 Å². The average molecular weight is 269 g/mol. The van der Waals surface area contributed by atoms with Crippen molar-refractivity contribution >= 4 is 11.6 Å². The van der Waals surface area contributed by atoms with Crippen LogP contribution < -0.4 is 5.73 Å². The third kappa shape index (κ3) is 3.05. The highest BCUT2D eigenvalue weighted by Gasteiger charge is 2.13. The number of aryl methyl sites for hydroxylation is 1. The molecule has 6 heteroatoms. The van der Waals surface area contributed by atoms with E-state index in [9.17, 15) is 4.39 Å². The maximum absolute atomic E-state index is 13.6. The quantitative estimate of drug-likeness (QED) is 0.919. The third-order valence-electron chi connectivity index (χ3n) is 2.65. The van der Waals surface area contributed by atoms with Gasteiger partial charge in [0.15, 0.2) is 0 Å². The predicted molar refractivity (Wildman–Crippen MR) is 67.8 cm³/mol. The van der Waals surface area contributed by atoms with Crippen molar-refractivity contribution in [3.05, 3.63) is 46.5 Å². The molecule has 0 amide bonds. The van der Waals surface area contributed by atoms with E-state index >= 15 is 0 Å². The molecule has 0 radical (unpaired) electrons. The molecule has 0 aliphatic heterocycles. The normalized spacial score (nSPS) is 12.7. The van der Waals surface area contributed by atoms with E-state index in [-0.39, 0.29) is 11.9 Å². The van der Waals surface area contributed by atoms with Gasteiger partial charge in [-0.05, 0) is 18.6 Å². The third-order valence-corrected chi connectivity index (χ3v) is 3.00. The number of nitrogens with two attached hydrogens (primary N) is 1. The van der Waals surface area contributed by atoms with Crippen LogP contribution in [0.1, 0.15) is 11.3 Å². The van der Waals surface area contributed by atoms with Crippen LogP contribution in [-0.2, 0) is 19.9 Å². The van der Waals surface area contributed by atoms with Gasteiger partial charge in [0.1, 0.15) is 5.82 Å². The topological polar surface area (TPSA) is 56.7 Å². The SMILES string of the molecule is Cn1cc(CC(N)Cc2c(F)cccc2Cl)nn1. The van der Waals surface area contributed by atoms with Crippen molar-refractivity contribution in [1.82, 2.24) is 15.0 Å². The van der Waals surface area contributed by atoms with Crippen molar-refractivity contribution in [3.63, 3.8) is 0 Å². The highest BCUT2D eigenvalue weighted by Crippen LogP contribution is 2.20. The fourth-order valence-electron chi connectivity index (χ4n) is 1.82.